The van der Waals surface area contributed by atoms with Crippen LogP contribution in [-0.2, 0) is 0 Å². The zero-order valence-corrected chi connectivity index (χ0v) is 10.4. The fourth-order valence-corrected chi connectivity index (χ4v) is 2.12. The number of imide groups is 1. The number of aromatic carboxylic acids is 1. The third-order valence-corrected chi connectivity index (χ3v) is 3.09. The topological polar surface area (TPSA) is 87.6 Å². The lowest BCUT2D eigenvalue weighted by molar-refractivity contribution is 0.0690. The number of rotatable bonds is 2. The summed E-state index contributed by atoms with van der Waals surface area (Å²) in [5.41, 5.74) is -0.508. The first kappa shape index (κ1) is 12.9. The Bertz CT molecular complexity index is 768. The van der Waals surface area contributed by atoms with E-state index in [9.17, 15) is 18.8 Å². The molecule has 3 rings (SSSR count). The summed E-state index contributed by atoms with van der Waals surface area (Å²) in [6.45, 7) is 0. The van der Waals surface area contributed by atoms with Crippen LogP contribution in [0.2, 0.25) is 0 Å². The average Bonchev–Trinajstić information content (AvgIpc) is 2.72. The van der Waals surface area contributed by atoms with Gasteiger partial charge in [0.25, 0.3) is 11.8 Å². The number of aromatic nitrogens is 1. The van der Waals surface area contributed by atoms with E-state index in [0.717, 1.165) is 17.0 Å². The van der Waals surface area contributed by atoms with Crippen LogP contribution >= 0.6 is 0 Å². The zero-order chi connectivity index (χ0) is 15.1. The molecule has 1 N–H and O–H groups in total. The highest BCUT2D eigenvalue weighted by atomic mass is 19.1. The first-order valence-corrected chi connectivity index (χ1v) is 5.87. The number of carboxylic acid groups (broad SMARTS) is 1. The summed E-state index contributed by atoms with van der Waals surface area (Å²) in [7, 11) is 0. The molecule has 0 saturated heterocycles. The molecule has 0 saturated carbocycles. The zero-order valence-electron chi connectivity index (χ0n) is 10.4. The van der Waals surface area contributed by atoms with E-state index in [2.05, 4.69) is 4.98 Å². The van der Waals surface area contributed by atoms with Gasteiger partial charge in [-0.25, -0.2) is 14.1 Å². The maximum Gasteiger partial charge on any atom is 0.338 e. The number of carbonyl (C=O) groups excluding carboxylic acids is 2. The second-order valence-corrected chi connectivity index (χ2v) is 4.31. The summed E-state index contributed by atoms with van der Waals surface area (Å²) in [4.78, 5) is 39.9. The smallest absolute Gasteiger partial charge is 0.338 e. The lowest BCUT2D eigenvalue weighted by atomic mass is 10.1. The van der Waals surface area contributed by atoms with Gasteiger partial charge < -0.3 is 5.11 Å². The maximum absolute atomic E-state index is 13.4. The molecule has 2 amide bonds. The molecule has 6 nitrogen and oxygen atoms in total. The lowest BCUT2D eigenvalue weighted by Crippen LogP contribution is -2.29. The van der Waals surface area contributed by atoms with Crippen LogP contribution in [0.3, 0.4) is 0 Å². The third-order valence-electron chi connectivity index (χ3n) is 3.09. The van der Waals surface area contributed by atoms with Crippen molar-refractivity contribution in [1.29, 1.82) is 0 Å². The molecule has 1 aliphatic heterocycles. The van der Waals surface area contributed by atoms with E-state index in [1.807, 2.05) is 0 Å². The van der Waals surface area contributed by atoms with E-state index < -0.39 is 29.2 Å². The SMILES string of the molecule is O=C(O)c1cc(N2C(=O)c3cccnc3C2=O)ccc1F. The predicted molar refractivity (Wildman–Crippen MR) is 68.7 cm³/mol. The largest absolute Gasteiger partial charge is 0.478 e. The molecule has 0 aliphatic carbocycles. The van der Waals surface area contributed by atoms with Gasteiger partial charge in [-0.05, 0) is 30.3 Å². The Morgan fingerprint density at radius 3 is 2.62 bits per heavy atom. The highest BCUT2D eigenvalue weighted by molar-refractivity contribution is 6.33. The highest BCUT2D eigenvalue weighted by Crippen LogP contribution is 2.28. The number of halogens is 1. The van der Waals surface area contributed by atoms with Crippen LogP contribution in [0.15, 0.2) is 36.5 Å². The van der Waals surface area contributed by atoms with Crippen LogP contribution in [0.4, 0.5) is 10.1 Å². The van der Waals surface area contributed by atoms with Crippen molar-refractivity contribution < 1.29 is 23.9 Å². The average molecular weight is 286 g/mol. The van der Waals surface area contributed by atoms with Gasteiger partial charge in [0.1, 0.15) is 11.5 Å². The minimum atomic E-state index is -1.48. The Kier molecular flexibility index (Phi) is 2.76. The molecule has 7 heteroatoms. The molecule has 1 aromatic heterocycles. The maximum atomic E-state index is 13.4. The highest BCUT2D eigenvalue weighted by Gasteiger charge is 2.38. The van der Waals surface area contributed by atoms with Gasteiger partial charge in [-0.3, -0.25) is 14.6 Å². The number of pyridine rings is 1. The molecule has 0 spiro atoms. The van der Waals surface area contributed by atoms with Crippen molar-refractivity contribution in [2.75, 3.05) is 4.90 Å². The van der Waals surface area contributed by atoms with Crippen LogP contribution in [0.5, 0.6) is 0 Å². The lowest BCUT2D eigenvalue weighted by Gasteiger charge is -2.14. The van der Waals surface area contributed by atoms with E-state index in [1.54, 1.807) is 0 Å². The first-order valence-electron chi connectivity index (χ1n) is 5.87. The summed E-state index contributed by atoms with van der Waals surface area (Å²) in [5, 5.41) is 8.90. The normalized spacial score (nSPS) is 13.5. The molecule has 0 atom stereocenters. The van der Waals surface area contributed by atoms with E-state index >= 15 is 0 Å². The number of anilines is 1. The van der Waals surface area contributed by atoms with Gasteiger partial charge >= 0.3 is 5.97 Å². The minimum absolute atomic E-state index is 0.0105. The minimum Gasteiger partial charge on any atom is -0.478 e. The molecule has 1 aromatic carbocycles. The van der Waals surface area contributed by atoms with Crippen molar-refractivity contribution in [3.05, 3.63) is 59.2 Å². The Morgan fingerprint density at radius 2 is 1.95 bits per heavy atom. The number of carbonyl (C=O) groups is 3. The number of nitrogens with zero attached hydrogens (tertiary/aromatic N) is 2. The number of hydrogen-bond acceptors (Lipinski definition) is 4. The van der Waals surface area contributed by atoms with Gasteiger partial charge in [0.05, 0.1) is 16.8 Å². The number of hydrogen-bond donors (Lipinski definition) is 1. The molecule has 2 heterocycles. The fourth-order valence-electron chi connectivity index (χ4n) is 2.12. The molecule has 0 radical (unpaired) electrons. The first-order chi connectivity index (χ1) is 10.0. The number of benzene rings is 1. The molecular formula is C14H7FN2O4. The third kappa shape index (κ3) is 1.86. The number of carboxylic acids is 1. The number of amides is 2. The number of fused-ring (bicyclic) bond motifs is 1. The molecule has 104 valence electrons. The van der Waals surface area contributed by atoms with Crippen molar-refractivity contribution >= 4 is 23.5 Å². The van der Waals surface area contributed by atoms with Crippen molar-refractivity contribution in [3.8, 4) is 0 Å². The van der Waals surface area contributed by atoms with Crippen LogP contribution < -0.4 is 4.90 Å². The molecule has 0 bridgehead atoms. The van der Waals surface area contributed by atoms with E-state index in [4.69, 9.17) is 5.11 Å². The Hall–Kier alpha value is -3.09. The van der Waals surface area contributed by atoms with Crippen molar-refractivity contribution in [3.63, 3.8) is 0 Å². The second-order valence-electron chi connectivity index (χ2n) is 4.31. The van der Waals surface area contributed by atoms with Gasteiger partial charge in [-0.15, -0.1) is 0 Å². The summed E-state index contributed by atoms with van der Waals surface area (Å²) in [5.74, 6) is -3.71. The monoisotopic (exact) mass is 286 g/mol. The van der Waals surface area contributed by atoms with Gasteiger partial charge in [-0.2, -0.15) is 0 Å². The van der Waals surface area contributed by atoms with Crippen LogP contribution in [0.1, 0.15) is 31.2 Å². The van der Waals surface area contributed by atoms with Gasteiger partial charge in [0, 0.05) is 6.20 Å². The molecular weight excluding hydrogens is 279 g/mol. The fraction of sp³-hybridized carbons (Fsp3) is 0. The molecule has 0 unspecified atom stereocenters. The summed E-state index contributed by atoms with van der Waals surface area (Å²) in [6, 6.07) is 5.98. The van der Waals surface area contributed by atoms with E-state index in [1.165, 1.54) is 24.4 Å². The quantitative estimate of drug-likeness (QED) is 0.849. The van der Waals surface area contributed by atoms with E-state index in [0.29, 0.717) is 0 Å². The van der Waals surface area contributed by atoms with Gasteiger partial charge in [0.2, 0.25) is 0 Å². The second kappa shape index (κ2) is 4.48. The van der Waals surface area contributed by atoms with Gasteiger partial charge in [0.15, 0.2) is 0 Å². The Balaban J connectivity index is 2.11. The van der Waals surface area contributed by atoms with E-state index in [-0.39, 0.29) is 16.9 Å². The van der Waals surface area contributed by atoms with Gasteiger partial charge in [-0.1, -0.05) is 0 Å². The van der Waals surface area contributed by atoms with Crippen molar-refractivity contribution in [1.82, 2.24) is 4.98 Å². The standard InChI is InChI=1S/C14H7FN2O4/c15-10-4-3-7(6-9(10)14(20)21)17-12(18)8-2-1-5-16-11(8)13(17)19/h1-6H,(H,20,21). The van der Waals surface area contributed by atoms with Crippen molar-refractivity contribution in [2.24, 2.45) is 0 Å². The van der Waals surface area contributed by atoms with Crippen LogP contribution in [-0.4, -0.2) is 27.9 Å². The predicted octanol–water partition coefficient (Wildman–Crippen LogP) is 1.72. The Morgan fingerprint density at radius 1 is 1.19 bits per heavy atom. The van der Waals surface area contributed by atoms with Crippen LogP contribution in [0.25, 0.3) is 0 Å². The molecule has 1 aliphatic rings. The summed E-state index contributed by atoms with van der Waals surface area (Å²) < 4.78 is 13.4. The van der Waals surface area contributed by atoms with Crippen molar-refractivity contribution in [2.45, 2.75) is 0 Å². The molecule has 21 heavy (non-hydrogen) atoms. The summed E-state index contributed by atoms with van der Waals surface area (Å²) >= 11 is 0. The molecule has 2 aromatic rings. The Labute approximate surface area is 117 Å². The van der Waals surface area contributed by atoms with Crippen LogP contribution in [0, 0.1) is 5.82 Å². The molecule has 0 fully saturated rings. The summed E-state index contributed by atoms with van der Waals surface area (Å²) in [6.07, 6.45) is 1.38.